The molecule has 0 aliphatic heterocycles. The van der Waals surface area contributed by atoms with Crippen LogP contribution in [0.2, 0.25) is 0 Å². The maximum Gasteiger partial charge on any atom is 0.515 e. The third kappa shape index (κ3) is 5.98. The third-order valence-electron chi connectivity index (χ3n) is 5.33. The summed E-state index contributed by atoms with van der Waals surface area (Å²) >= 11 is 1.14. The largest absolute Gasteiger partial charge is 0.515 e. The highest BCUT2D eigenvalue weighted by atomic mass is 32.1. The standard InChI is InChI=1S/C25H26N4O6S/c1-3-11-34-23-19(12-16-9-10-20-21(13-16)28-36-27-20)24(35-25(32)33-4-2)29(26-23)15-18-8-6-5-7-17(18)14-22(30)31/h5-10,13H,3-4,11-12,14-15H2,1-2H3,(H,30,31). The van der Waals surface area contributed by atoms with Gasteiger partial charge in [0.05, 0.1) is 43.5 Å². The molecule has 11 heteroatoms. The number of fused-ring (bicyclic) bond motifs is 1. The van der Waals surface area contributed by atoms with Gasteiger partial charge in [-0.1, -0.05) is 37.3 Å². The summed E-state index contributed by atoms with van der Waals surface area (Å²) in [5, 5.41) is 13.9. The first-order chi connectivity index (χ1) is 17.5. The van der Waals surface area contributed by atoms with Crippen LogP contribution in [-0.2, 0) is 28.9 Å². The molecule has 0 spiro atoms. The van der Waals surface area contributed by atoms with Crippen LogP contribution in [0.1, 0.15) is 42.5 Å². The SMILES string of the molecule is CCCOc1nn(Cc2ccccc2CC(=O)O)c(OC(=O)OCC)c1Cc1ccc2nsnc2c1. The fourth-order valence-corrected chi connectivity index (χ4v) is 4.24. The highest BCUT2D eigenvalue weighted by Gasteiger charge is 2.25. The molecule has 0 bridgehead atoms. The Morgan fingerprint density at radius 3 is 2.58 bits per heavy atom. The van der Waals surface area contributed by atoms with E-state index in [2.05, 4.69) is 13.8 Å². The molecule has 0 aliphatic rings. The van der Waals surface area contributed by atoms with Gasteiger partial charge in [0.1, 0.15) is 11.0 Å². The fraction of sp³-hybridized carbons (Fsp3) is 0.320. The lowest BCUT2D eigenvalue weighted by Gasteiger charge is -2.12. The number of carbonyl (C=O) groups excluding carboxylic acids is 1. The normalized spacial score (nSPS) is 10.9. The Labute approximate surface area is 211 Å². The summed E-state index contributed by atoms with van der Waals surface area (Å²) in [6.45, 7) is 4.42. The average Bonchev–Trinajstić information content (AvgIpc) is 3.44. The zero-order valence-corrected chi connectivity index (χ0v) is 20.8. The molecule has 0 atom stereocenters. The minimum atomic E-state index is -0.939. The van der Waals surface area contributed by atoms with Crippen molar-refractivity contribution in [1.29, 1.82) is 0 Å². The summed E-state index contributed by atoms with van der Waals surface area (Å²) in [6.07, 6.45) is 0.120. The van der Waals surface area contributed by atoms with Gasteiger partial charge in [-0.15, -0.1) is 5.10 Å². The number of rotatable bonds is 11. The van der Waals surface area contributed by atoms with Gasteiger partial charge in [0.2, 0.25) is 11.8 Å². The molecule has 4 aromatic rings. The Hall–Kier alpha value is -3.99. The van der Waals surface area contributed by atoms with Crippen LogP contribution in [-0.4, -0.2) is 49.0 Å². The van der Waals surface area contributed by atoms with Gasteiger partial charge in [-0.05, 0) is 42.2 Å². The van der Waals surface area contributed by atoms with E-state index in [4.69, 9.17) is 14.2 Å². The molecule has 0 saturated carbocycles. The van der Waals surface area contributed by atoms with Crippen molar-refractivity contribution in [1.82, 2.24) is 18.5 Å². The van der Waals surface area contributed by atoms with Crippen molar-refractivity contribution in [3.05, 3.63) is 64.7 Å². The maximum atomic E-state index is 12.4. The van der Waals surface area contributed by atoms with Crippen molar-refractivity contribution in [3.63, 3.8) is 0 Å². The first-order valence-corrected chi connectivity index (χ1v) is 12.3. The van der Waals surface area contributed by atoms with Crippen LogP contribution < -0.4 is 9.47 Å². The molecule has 2 heterocycles. The number of carboxylic acids is 1. The van der Waals surface area contributed by atoms with E-state index >= 15 is 0 Å². The number of hydrogen-bond acceptors (Lipinski definition) is 9. The molecular weight excluding hydrogens is 484 g/mol. The van der Waals surface area contributed by atoms with E-state index in [1.54, 1.807) is 19.1 Å². The maximum absolute atomic E-state index is 12.4. The summed E-state index contributed by atoms with van der Waals surface area (Å²) in [5.41, 5.74) is 4.45. The van der Waals surface area contributed by atoms with E-state index in [0.29, 0.717) is 30.0 Å². The van der Waals surface area contributed by atoms with Gasteiger partial charge < -0.3 is 19.3 Å². The molecule has 1 N–H and O–H groups in total. The van der Waals surface area contributed by atoms with Gasteiger partial charge >= 0.3 is 12.1 Å². The van der Waals surface area contributed by atoms with E-state index in [-0.39, 0.29) is 25.5 Å². The van der Waals surface area contributed by atoms with E-state index in [9.17, 15) is 14.7 Å². The van der Waals surface area contributed by atoms with Gasteiger partial charge in [-0.2, -0.15) is 8.75 Å². The summed E-state index contributed by atoms with van der Waals surface area (Å²) in [6, 6.07) is 12.9. The fourth-order valence-electron chi connectivity index (χ4n) is 3.73. The number of aromatic nitrogens is 4. The van der Waals surface area contributed by atoms with E-state index < -0.39 is 12.1 Å². The Balaban J connectivity index is 1.77. The Kier molecular flexibility index (Phi) is 8.11. The van der Waals surface area contributed by atoms with E-state index in [1.807, 2.05) is 37.3 Å². The lowest BCUT2D eigenvalue weighted by molar-refractivity contribution is -0.136. The van der Waals surface area contributed by atoms with Crippen molar-refractivity contribution >= 4 is 34.9 Å². The molecule has 4 rings (SSSR count). The van der Waals surface area contributed by atoms with Crippen molar-refractivity contribution in [2.45, 2.75) is 39.7 Å². The average molecular weight is 511 g/mol. The number of carbonyl (C=O) groups is 2. The summed E-state index contributed by atoms with van der Waals surface area (Å²) < 4.78 is 26.7. The van der Waals surface area contributed by atoms with Crippen molar-refractivity contribution in [2.75, 3.05) is 13.2 Å². The lowest BCUT2D eigenvalue weighted by Crippen LogP contribution is -2.16. The van der Waals surface area contributed by atoms with Crippen molar-refractivity contribution < 1.29 is 28.9 Å². The predicted molar refractivity (Wildman–Crippen MR) is 133 cm³/mol. The molecule has 0 aliphatic carbocycles. The van der Waals surface area contributed by atoms with Crippen LogP contribution in [0.5, 0.6) is 11.8 Å². The Morgan fingerprint density at radius 2 is 1.83 bits per heavy atom. The molecule has 0 radical (unpaired) electrons. The van der Waals surface area contributed by atoms with Crippen LogP contribution in [0, 0.1) is 0 Å². The van der Waals surface area contributed by atoms with Crippen molar-refractivity contribution in [2.24, 2.45) is 0 Å². The monoisotopic (exact) mass is 510 g/mol. The number of ether oxygens (including phenoxy) is 3. The van der Waals surface area contributed by atoms with Crippen LogP contribution in [0.15, 0.2) is 42.5 Å². The predicted octanol–water partition coefficient (Wildman–Crippen LogP) is 4.48. The molecule has 0 saturated heterocycles. The molecule has 36 heavy (non-hydrogen) atoms. The summed E-state index contributed by atoms with van der Waals surface area (Å²) in [5.74, 6) is -0.421. The second-order valence-electron chi connectivity index (χ2n) is 7.98. The van der Waals surface area contributed by atoms with Crippen LogP contribution in [0.25, 0.3) is 11.0 Å². The summed E-state index contributed by atoms with van der Waals surface area (Å²) in [4.78, 5) is 23.8. The van der Waals surface area contributed by atoms with E-state index in [1.165, 1.54) is 4.68 Å². The van der Waals surface area contributed by atoms with Gasteiger partial charge in [0, 0.05) is 6.42 Å². The second kappa shape index (κ2) is 11.6. The first-order valence-electron chi connectivity index (χ1n) is 11.5. The zero-order valence-electron chi connectivity index (χ0n) is 20.0. The van der Waals surface area contributed by atoms with E-state index in [0.717, 1.165) is 40.3 Å². The first kappa shape index (κ1) is 25.1. The van der Waals surface area contributed by atoms with Crippen LogP contribution >= 0.6 is 11.7 Å². The number of benzene rings is 2. The summed E-state index contributed by atoms with van der Waals surface area (Å²) in [7, 11) is 0. The van der Waals surface area contributed by atoms with Crippen molar-refractivity contribution in [3.8, 4) is 11.8 Å². The molecule has 2 aromatic heterocycles. The molecule has 188 valence electrons. The topological polar surface area (TPSA) is 126 Å². The minimum Gasteiger partial charge on any atom is -0.481 e. The molecule has 0 amide bonds. The minimum absolute atomic E-state index is 0.140. The highest BCUT2D eigenvalue weighted by Crippen LogP contribution is 2.33. The quantitative estimate of drug-likeness (QED) is 0.291. The second-order valence-corrected chi connectivity index (χ2v) is 8.51. The van der Waals surface area contributed by atoms with Gasteiger partial charge in [-0.3, -0.25) is 4.79 Å². The molecular formula is C25H26N4O6S. The highest BCUT2D eigenvalue weighted by molar-refractivity contribution is 7.00. The smallest absolute Gasteiger partial charge is 0.481 e. The zero-order chi connectivity index (χ0) is 25.5. The molecule has 2 aromatic carbocycles. The van der Waals surface area contributed by atoms with Crippen LogP contribution in [0.3, 0.4) is 0 Å². The van der Waals surface area contributed by atoms with Gasteiger partial charge in [-0.25, -0.2) is 9.48 Å². The molecule has 0 unspecified atom stereocenters. The number of aliphatic carboxylic acids is 1. The van der Waals surface area contributed by atoms with Crippen LogP contribution in [0.4, 0.5) is 4.79 Å². The van der Waals surface area contributed by atoms with Gasteiger partial charge in [0.15, 0.2) is 0 Å². The third-order valence-corrected chi connectivity index (χ3v) is 5.88. The lowest BCUT2D eigenvalue weighted by atomic mass is 10.0. The molecule has 10 nitrogen and oxygen atoms in total. The number of hydrogen-bond donors (Lipinski definition) is 1. The molecule has 0 fully saturated rings. The Bertz CT molecular complexity index is 1370. The number of carboxylic acid groups (broad SMARTS) is 1. The number of nitrogens with zero attached hydrogens (tertiary/aromatic N) is 4. The van der Waals surface area contributed by atoms with Gasteiger partial charge in [0.25, 0.3) is 0 Å². The Morgan fingerprint density at radius 1 is 1.06 bits per heavy atom.